The number of hydrogen-bond donors (Lipinski definition) is 2. The predicted octanol–water partition coefficient (Wildman–Crippen LogP) is 1.28. The van der Waals surface area contributed by atoms with Gasteiger partial charge in [-0.15, -0.1) is 0 Å². The first-order valence-corrected chi connectivity index (χ1v) is 9.22. The monoisotopic (exact) mass is 323 g/mol. The summed E-state index contributed by atoms with van der Waals surface area (Å²) in [5.41, 5.74) is 1.11. The molecule has 2 N–H and O–H groups in total. The molecule has 6 heteroatoms. The Hall–Kier alpha value is -1.40. The number of nitrogens with one attached hydrogen (secondary N) is 2. The van der Waals surface area contributed by atoms with Crippen LogP contribution in [-0.4, -0.2) is 48.8 Å². The number of hydrogen-bond acceptors (Lipinski definition) is 3. The van der Waals surface area contributed by atoms with Gasteiger partial charge in [0.15, 0.2) is 5.96 Å². The number of rotatable bonds is 7. The Bertz CT molecular complexity index is 487. The number of guanidine groups is 1. The maximum absolute atomic E-state index is 12.0. The molecule has 1 aromatic rings. The normalized spacial score (nSPS) is 19.9. The second kappa shape index (κ2) is 9.58. The molecule has 0 saturated carbocycles. The first kappa shape index (κ1) is 17.0. The fourth-order valence-electron chi connectivity index (χ4n) is 2.35. The molecular formula is C16H25N3O2S. The molecule has 2 unspecified atom stereocenters. The Morgan fingerprint density at radius 3 is 2.86 bits per heavy atom. The largest absolute Gasteiger partial charge is 0.376 e. The van der Waals surface area contributed by atoms with Gasteiger partial charge in [0.2, 0.25) is 0 Å². The van der Waals surface area contributed by atoms with Crippen LogP contribution < -0.4 is 10.6 Å². The van der Waals surface area contributed by atoms with Crippen LogP contribution in [0.3, 0.4) is 0 Å². The van der Waals surface area contributed by atoms with Crippen LogP contribution in [0.4, 0.5) is 0 Å². The summed E-state index contributed by atoms with van der Waals surface area (Å²) < 4.78 is 17.6. The summed E-state index contributed by atoms with van der Waals surface area (Å²) >= 11 is 0. The van der Waals surface area contributed by atoms with E-state index >= 15 is 0 Å². The minimum atomic E-state index is -0.865. The fourth-order valence-corrected chi connectivity index (χ4v) is 3.39. The van der Waals surface area contributed by atoms with E-state index in [0.717, 1.165) is 37.5 Å². The Labute approximate surface area is 135 Å². The van der Waals surface area contributed by atoms with Crippen molar-refractivity contribution in [3.8, 4) is 0 Å². The van der Waals surface area contributed by atoms with Gasteiger partial charge in [0.25, 0.3) is 0 Å². The molecule has 1 saturated heterocycles. The topological polar surface area (TPSA) is 62.7 Å². The van der Waals surface area contributed by atoms with E-state index in [-0.39, 0.29) is 6.10 Å². The average molecular weight is 323 g/mol. The third kappa shape index (κ3) is 6.15. The Morgan fingerprint density at radius 1 is 1.36 bits per heavy atom. The summed E-state index contributed by atoms with van der Waals surface area (Å²) in [5.74, 6) is 1.95. The van der Waals surface area contributed by atoms with E-state index in [4.69, 9.17) is 4.74 Å². The lowest BCUT2D eigenvalue weighted by Crippen LogP contribution is -2.42. The molecule has 22 heavy (non-hydrogen) atoms. The molecule has 5 nitrogen and oxygen atoms in total. The average Bonchev–Trinajstić information content (AvgIpc) is 3.05. The van der Waals surface area contributed by atoms with E-state index in [9.17, 15) is 4.21 Å². The number of ether oxygens (including phenoxy) is 1. The molecule has 0 bridgehead atoms. The van der Waals surface area contributed by atoms with Gasteiger partial charge in [0.05, 0.1) is 6.10 Å². The van der Waals surface area contributed by atoms with Crippen molar-refractivity contribution < 1.29 is 8.95 Å². The molecule has 0 aromatic heterocycles. The van der Waals surface area contributed by atoms with Gasteiger partial charge in [-0.05, 0) is 18.4 Å². The van der Waals surface area contributed by atoms with Crippen molar-refractivity contribution in [3.05, 3.63) is 35.9 Å². The number of aliphatic imine (C=N–C) groups is 1. The lowest BCUT2D eigenvalue weighted by atomic mass is 10.2. The standard InChI is InChI=1S/C16H25N3O2S/c1-17-16(19-12-15-8-5-10-21-15)18-9-11-22(20)13-14-6-3-2-4-7-14/h2-4,6-7,15H,5,8-13H2,1H3,(H2,17,18,19). The Kier molecular flexibility index (Phi) is 7.39. The van der Waals surface area contributed by atoms with Crippen LogP contribution in [0.2, 0.25) is 0 Å². The smallest absolute Gasteiger partial charge is 0.191 e. The van der Waals surface area contributed by atoms with Crippen LogP contribution in [0.25, 0.3) is 0 Å². The molecule has 0 aliphatic carbocycles. The summed E-state index contributed by atoms with van der Waals surface area (Å²) in [6, 6.07) is 9.93. The van der Waals surface area contributed by atoms with E-state index < -0.39 is 10.8 Å². The zero-order valence-electron chi connectivity index (χ0n) is 13.1. The molecule has 1 aromatic carbocycles. The highest BCUT2D eigenvalue weighted by atomic mass is 32.2. The Morgan fingerprint density at radius 2 is 2.18 bits per heavy atom. The van der Waals surface area contributed by atoms with E-state index in [1.54, 1.807) is 7.05 Å². The van der Waals surface area contributed by atoms with Crippen LogP contribution in [0.15, 0.2) is 35.3 Å². The van der Waals surface area contributed by atoms with Crippen LogP contribution >= 0.6 is 0 Å². The lowest BCUT2D eigenvalue weighted by molar-refractivity contribution is 0.114. The summed E-state index contributed by atoms with van der Waals surface area (Å²) in [7, 11) is 0.877. The quantitative estimate of drug-likeness (QED) is 0.586. The molecule has 2 atom stereocenters. The van der Waals surface area contributed by atoms with E-state index in [1.165, 1.54) is 0 Å². The molecule has 0 radical (unpaired) electrons. The molecule has 0 amide bonds. The Balaban J connectivity index is 1.62. The summed E-state index contributed by atoms with van der Waals surface area (Å²) in [4.78, 5) is 4.17. The van der Waals surface area contributed by atoms with Crippen molar-refractivity contribution in [1.82, 2.24) is 10.6 Å². The van der Waals surface area contributed by atoms with Gasteiger partial charge in [-0.25, -0.2) is 0 Å². The highest BCUT2D eigenvalue weighted by molar-refractivity contribution is 7.84. The molecule has 1 heterocycles. The van der Waals surface area contributed by atoms with Crippen molar-refractivity contribution in [3.63, 3.8) is 0 Å². The van der Waals surface area contributed by atoms with Gasteiger partial charge >= 0.3 is 0 Å². The van der Waals surface area contributed by atoms with Crippen LogP contribution in [0, 0.1) is 0 Å². The molecule has 2 rings (SSSR count). The molecular weight excluding hydrogens is 298 g/mol. The van der Waals surface area contributed by atoms with Gasteiger partial charge in [0.1, 0.15) is 0 Å². The van der Waals surface area contributed by atoms with Gasteiger partial charge in [-0.2, -0.15) is 0 Å². The zero-order valence-corrected chi connectivity index (χ0v) is 13.9. The van der Waals surface area contributed by atoms with Crippen LogP contribution in [0.5, 0.6) is 0 Å². The van der Waals surface area contributed by atoms with E-state index in [1.807, 2.05) is 30.3 Å². The highest BCUT2D eigenvalue weighted by Crippen LogP contribution is 2.10. The van der Waals surface area contributed by atoms with Gasteiger partial charge in [-0.3, -0.25) is 9.20 Å². The zero-order chi connectivity index (χ0) is 15.6. The second-order valence-electron chi connectivity index (χ2n) is 5.29. The van der Waals surface area contributed by atoms with Gasteiger partial charge in [-0.1, -0.05) is 30.3 Å². The third-order valence-electron chi connectivity index (χ3n) is 3.54. The maximum Gasteiger partial charge on any atom is 0.191 e. The predicted molar refractivity (Wildman–Crippen MR) is 91.5 cm³/mol. The molecule has 1 aliphatic rings. The van der Waals surface area contributed by atoms with E-state index in [2.05, 4.69) is 15.6 Å². The van der Waals surface area contributed by atoms with Crippen molar-refractivity contribution >= 4 is 16.8 Å². The van der Waals surface area contributed by atoms with Crippen molar-refractivity contribution in [1.29, 1.82) is 0 Å². The number of benzene rings is 1. The minimum absolute atomic E-state index is 0.283. The summed E-state index contributed by atoms with van der Waals surface area (Å²) in [5, 5.41) is 6.45. The van der Waals surface area contributed by atoms with Gasteiger partial charge < -0.3 is 15.4 Å². The lowest BCUT2D eigenvalue weighted by Gasteiger charge is -2.14. The maximum atomic E-state index is 12.0. The summed E-state index contributed by atoms with van der Waals surface area (Å²) in [6.07, 6.45) is 2.52. The van der Waals surface area contributed by atoms with Crippen molar-refractivity contribution in [2.45, 2.75) is 24.7 Å². The first-order chi connectivity index (χ1) is 10.8. The first-order valence-electron chi connectivity index (χ1n) is 7.73. The molecule has 122 valence electrons. The second-order valence-corrected chi connectivity index (χ2v) is 6.87. The molecule has 1 aliphatic heterocycles. The van der Waals surface area contributed by atoms with Crippen LogP contribution in [-0.2, 0) is 21.3 Å². The molecule has 1 fully saturated rings. The SMILES string of the molecule is CN=C(NCCS(=O)Cc1ccccc1)NCC1CCCO1. The van der Waals surface area contributed by atoms with Crippen LogP contribution in [0.1, 0.15) is 18.4 Å². The minimum Gasteiger partial charge on any atom is -0.376 e. The third-order valence-corrected chi connectivity index (χ3v) is 4.85. The number of nitrogens with zero attached hydrogens (tertiary/aromatic N) is 1. The van der Waals surface area contributed by atoms with Crippen molar-refractivity contribution in [2.75, 3.05) is 32.5 Å². The van der Waals surface area contributed by atoms with Crippen molar-refractivity contribution in [2.24, 2.45) is 4.99 Å². The molecule has 0 spiro atoms. The van der Waals surface area contributed by atoms with Gasteiger partial charge in [0, 0.05) is 49.0 Å². The van der Waals surface area contributed by atoms with E-state index in [0.29, 0.717) is 18.1 Å². The summed E-state index contributed by atoms with van der Waals surface area (Å²) in [6.45, 7) is 2.27. The fraction of sp³-hybridized carbons (Fsp3) is 0.562. The highest BCUT2D eigenvalue weighted by Gasteiger charge is 2.15.